The van der Waals surface area contributed by atoms with E-state index in [1.165, 1.54) is 65.2 Å². The molecule has 0 heterocycles. The van der Waals surface area contributed by atoms with Crippen LogP contribution in [0.4, 0.5) is 22.7 Å². The summed E-state index contributed by atoms with van der Waals surface area (Å²) in [5, 5.41) is 46.4. The standard InChI is InChI=1S/C72H60N4O12.3C7H8/c1-5-33-85-69-57-37-53(13-9-49-17-25-65(26-18-49)73(77)78)38-58(69)46-60-40-55(15-11-51-21-29-67(30-22-51)75(81)82)42-62(71(60)87-35-7-3)48-64-44-56(16-12-52-23-31-68(32-24-52)76(83)84)43-63(72(64)88-36-8-4)47-61-41-54(39-59(45-57)70(61)86-34-6-2)14-10-50-19-27-66(28-20-50)74(79)80;3*1-7-5-3-2-4-6-7/h17-32,37-44H,5-8,33-36,45-48H2,1-4H3;3*2-6H,1H3. The van der Waals surface area contributed by atoms with Crippen LogP contribution in [0.3, 0.4) is 0 Å². The number of nitrogens with zero attached hydrogens (tertiary/aromatic N) is 4. The molecule has 0 aromatic heterocycles. The SMILES string of the molecule is CCCOc1c2cc(C#Cc3ccc([N+](=O)[O-])cc3)cc1Cc1cc(C#Cc3ccc([N+](=O)[O-])cc3)cc(c1OCCC)Cc1cc(C#Cc3ccc([N+](=O)[O-])cc3)cc(c1OCCC)Cc1cc(C#Cc3ccc([N+](=O)[O-])cc3)cc(c1OCCC)C2.Cc1ccccc1.Cc1ccccc1.Cc1ccccc1. The van der Waals surface area contributed by atoms with Crippen LogP contribution in [0, 0.1) is 109 Å². The number of nitro benzene ring substituents is 4. The van der Waals surface area contributed by atoms with Gasteiger partial charge in [-0.05, 0) is 144 Å². The average molecular weight is 1450 g/mol. The van der Waals surface area contributed by atoms with Crippen LogP contribution in [0.1, 0.15) is 159 Å². The highest BCUT2D eigenvalue weighted by atomic mass is 16.6. The van der Waals surface area contributed by atoms with Gasteiger partial charge in [0.15, 0.2) is 0 Å². The molecule has 0 amide bonds. The molecular formula is C93H84N4O12. The van der Waals surface area contributed by atoms with Gasteiger partial charge in [-0.3, -0.25) is 40.5 Å². The van der Waals surface area contributed by atoms with E-state index in [0.29, 0.717) is 120 Å². The Morgan fingerprint density at radius 1 is 0.257 bits per heavy atom. The number of benzene rings is 11. The van der Waals surface area contributed by atoms with Crippen LogP contribution in [0.25, 0.3) is 0 Å². The number of hydrogen-bond acceptors (Lipinski definition) is 12. The van der Waals surface area contributed by atoms with Gasteiger partial charge in [-0.25, -0.2) is 0 Å². The molecule has 11 aromatic rings. The molecule has 0 atom stereocenters. The van der Waals surface area contributed by atoms with Gasteiger partial charge >= 0.3 is 0 Å². The number of hydrogen-bond donors (Lipinski definition) is 0. The fourth-order valence-electron chi connectivity index (χ4n) is 11.6. The van der Waals surface area contributed by atoms with Crippen LogP contribution >= 0.6 is 0 Å². The Morgan fingerprint density at radius 3 is 0.560 bits per heavy atom. The molecule has 8 bridgehead atoms. The smallest absolute Gasteiger partial charge is 0.269 e. The molecule has 16 heteroatoms. The summed E-state index contributed by atoms with van der Waals surface area (Å²) in [7, 11) is 0. The summed E-state index contributed by atoms with van der Waals surface area (Å²) < 4.78 is 27.6. The zero-order chi connectivity index (χ0) is 77.4. The van der Waals surface area contributed by atoms with E-state index in [1.807, 2.05) is 131 Å². The summed E-state index contributed by atoms with van der Waals surface area (Å²) in [4.78, 5) is 44.6. The van der Waals surface area contributed by atoms with Gasteiger partial charge in [0, 0.05) is 163 Å². The second kappa shape index (κ2) is 40.7. The molecule has 16 nitrogen and oxygen atoms in total. The van der Waals surface area contributed by atoms with Crippen LogP contribution in [0.5, 0.6) is 23.0 Å². The number of non-ortho nitro benzene ring substituents is 4. The van der Waals surface area contributed by atoms with E-state index >= 15 is 0 Å². The van der Waals surface area contributed by atoms with Crippen molar-refractivity contribution in [2.45, 2.75) is 99.8 Å². The van der Waals surface area contributed by atoms with Crippen molar-refractivity contribution in [1.82, 2.24) is 0 Å². The summed E-state index contributed by atoms with van der Waals surface area (Å²) in [6, 6.07) is 71.0. The third kappa shape index (κ3) is 24.3. The molecule has 0 N–H and O–H groups in total. The first-order chi connectivity index (χ1) is 52.9. The maximum Gasteiger partial charge on any atom is 0.269 e. The molecule has 1 aliphatic carbocycles. The second-order valence-electron chi connectivity index (χ2n) is 25.8. The quantitative estimate of drug-likeness (QED) is 0.0503. The fraction of sp³-hybridized carbons (Fsp3) is 0.204. The molecule has 0 fully saturated rings. The zero-order valence-corrected chi connectivity index (χ0v) is 62.2. The lowest BCUT2D eigenvalue weighted by Gasteiger charge is -2.24. The van der Waals surface area contributed by atoms with Gasteiger partial charge in [0.1, 0.15) is 23.0 Å². The lowest BCUT2D eigenvalue weighted by atomic mass is 9.88. The van der Waals surface area contributed by atoms with Crippen molar-refractivity contribution in [3.05, 3.63) is 383 Å². The Morgan fingerprint density at radius 2 is 0.422 bits per heavy atom. The molecule has 109 heavy (non-hydrogen) atoms. The minimum Gasteiger partial charge on any atom is -0.493 e. The van der Waals surface area contributed by atoms with Crippen LogP contribution < -0.4 is 18.9 Å². The van der Waals surface area contributed by atoms with E-state index in [1.54, 1.807) is 48.5 Å². The van der Waals surface area contributed by atoms with E-state index in [2.05, 4.69) is 105 Å². The zero-order valence-electron chi connectivity index (χ0n) is 62.2. The van der Waals surface area contributed by atoms with Crippen LogP contribution in [-0.2, 0) is 25.7 Å². The Labute approximate surface area is 637 Å². The van der Waals surface area contributed by atoms with Gasteiger partial charge in [-0.2, -0.15) is 0 Å². The number of nitro groups is 4. The number of aryl methyl sites for hydroxylation is 3. The van der Waals surface area contributed by atoms with Crippen molar-refractivity contribution < 1.29 is 38.6 Å². The van der Waals surface area contributed by atoms with Crippen molar-refractivity contribution >= 4 is 22.7 Å². The van der Waals surface area contributed by atoms with Crippen molar-refractivity contribution in [1.29, 1.82) is 0 Å². The molecule has 548 valence electrons. The van der Waals surface area contributed by atoms with Crippen LogP contribution in [-0.4, -0.2) is 46.1 Å². The van der Waals surface area contributed by atoms with Gasteiger partial charge in [-0.15, -0.1) is 0 Å². The molecule has 11 aromatic carbocycles. The van der Waals surface area contributed by atoms with Gasteiger partial charge in [-0.1, -0.05) is 183 Å². The fourth-order valence-corrected chi connectivity index (χ4v) is 11.6. The van der Waals surface area contributed by atoms with E-state index in [0.717, 1.165) is 44.5 Å². The summed E-state index contributed by atoms with van der Waals surface area (Å²) in [6.07, 6.45) is 3.78. The maximum atomic E-state index is 11.6. The highest BCUT2D eigenvalue weighted by Gasteiger charge is 2.25. The second-order valence-corrected chi connectivity index (χ2v) is 25.8. The Hall–Kier alpha value is -13.5. The molecule has 1 aliphatic rings. The van der Waals surface area contributed by atoms with Crippen molar-refractivity contribution in [2.24, 2.45) is 0 Å². The average Bonchev–Trinajstić information content (AvgIpc) is 0.773. The van der Waals surface area contributed by atoms with Crippen LogP contribution in [0.15, 0.2) is 237 Å². The summed E-state index contributed by atoms with van der Waals surface area (Å²) >= 11 is 0. The summed E-state index contributed by atoms with van der Waals surface area (Å²) in [5.74, 6) is 28.9. The minimum atomic E-state index is -0.456. The van der Waals surface area contributed by atoms with Gasteiger partial charge in [0.05, 0.1) is 46.1 Å². The van der Waals surface area contributed by atoms with Gasteiger partial charge < -0.3 is 18.9 Å². The normalized spacial score (nSPS) is 10.7. The molecule has 0 unspecified atom stereocenters. The predicted octanol–water partition coefficient (Wildman–Crippen LogP) is 20.7. The van der Waals surface area contributed by atoms with Gasteiger partial charge in [0.2, 0.25) is 0 Å². The van der Waals surface area contributed by atoms with E-state index < -0.39 is 19.7 Å². The number of rotatable bonds is 16. The monoisotopic (exact) mass is 1450 g/mol. The first-order valence-corrected chi connectivity index (χ1v) is 36.1. The predicted molar refractivity (Wildman–Crippen MR) is 430 cm³/mol. The Bertz CT molecular complexity index is 4500. The Kier molecular flexibility index (Phi) is 29.7. The highest BCUT2D eigenvalue weighted by Crippen LogP contribution is 2.41. The molecule has 0 saturated carbocycles. The third-order valence-electron chi connectivity index (χ3n) is 16.8. The third-order valence-corrected chi connectivity index (χ3v) is 16.8. The van der Waals surface area contributed by atoms with E-state index in [-0.39, 0.29) is 48.4 Å². The first-order valence-electron chi connectivity index (χ1n) is 36.1. The number of ether oxygens (including phenoxy) is 4. The van der Waals surface area contributed by atoms with E-state index in [9.17, 15) is 40.5 Å². The molecular weight excluding hydrogens is 1370 g/mol. The largest absolute Gasteiger partial charge is 0.493 e. The van der Waals surface area contributed by atoms with Crippen molar-refractivity contribution in [3.63, 3.8) is 0 Å². The summed E-state index contributed by atoms with van der Waals surface area (Å²) in [5.41, 5.74) is 14.8. The van der Waals surface area contributed by atoms with Crippen molar-refractivity contribution in [3.8, 4) is 70.4 Å². The molecule has 12 rings (SSSR count). The van der Waals surface area contributed by atoms with Crippen LogP contribution in [0.2, 0.25) is 0 Å². The lowest BCUT2D eigenvalue weighted by molar-refractivity contribution is -0.385. The highest BCUT2D eigenvalue weighted by molar-refractivity contribution is 5.64. The maximum absolute atomic E-state index is 11.6. The molecule has 0 aliphatic heterocycles. The molecule has 0 spiro atoms. The van der Waals surface area contributed by atoms with Crippen molar-refractivity contribution in [2.75, 3.05) is 26.4 Å². The van der Waals surface area contributed by atoms with E-state index in [4.69, 9.17) is 18.9 Å². The Balaban J connectivity index is 0.000000559. The topological polar surface area (TPSA) is 209 Å². The summed E-state index contributed by atoms with van der Waals surface area (Å²) in [6.45, 7) is 15.9. The molecule has 0 saturated heterocycles. The lowest BCUT2D eigenvalue weighted by Crippen LogP contribution is -2.11. The minimum absolute atomic E-state index is 0.0572. The molecule has 0 radical (unpaired) electrons. The number of fused-ring (bicyclic) bond motifs is 8. The first kappa shape index (κ1) is 79.6. The van der Waals surface area contributed by atoms with Gasteiger partial charge in [0.25, 0.3) is 22.7 Å².